The van der Waals surface area contributed by atoms with E-state index >= 15 is 0 Å². The van der Waals surface area contributed by atoms with Crippen molar-refractivity contribution in [3.05, 3.63) is 52.9 Å². The predicted molar refractivity (Wildman–Crippen MR) is 73.1 cm³/mol. The van der Waals surface area contributed by atoms with Gasteiger partial charge in [-0.2, -0.15) is 0 Å². The summed E-state index contributed by atoms with van der Waals surface area (Å²) in [6.07, 6.45) is 2.19. The number of hydrogen-bond donors (Lipinski definition) is 1. The summed E-state index contributed by atoms with van der Waals surface area (Å²) in [4.78, 5) is 4.11. The standard InChI is InChI=1S/C14H14ClFN2O/c1-9(17)8-10-4-3-7-18-14(10)19-12-6-2-5-11(15)13(12)16/h2-7,9H,8,17H2,1H3. The summed E-state index contributed by atoms with van der Waals surface area (Å²) in [5.74, 6) is -0.195. The van der Waals surface area contributed by atoms with Crippen molar-refractivity contribution in [1.29, 1.82) is 0 Å². The Morgan fingerprint density at radius 2 is 2.16 bits per heavy atom. The first kappa shape index (κ1) is 13.8. The molecule has 3 nitrogen and oxygen atoms in total. The molecule has 100 valence electrons. The fourth-order valence-corrected chi connectivity index (χ4v) is 1.85. The number of aromatic nitrogens is 1. The average Bonchev–Trinajstić information content (AvgIpc) is 2.36. The third-order valence-corrected chi connectivity index (χ3v) is 2.81. The molecule has 0 saturated carbocycles. The van der Waals surface area contributed by atoms with Crippen LogP contribution in [0.3, 0.4) is 0 Å². The van der Waals surface area contributed by atoms with Crippen molar-refractivity contribution in [3.8, 4) is 11.6 Å². The van der Waals surface area contributed by atoms with Gasteiger partial charge in [0.05, 0.1) is 5.02 Å². The van der Waals surface area contributed by atoms with Gasteiger partial charge in [0.2, 0.25) is 5.88 Å². The molecule has 0 aliphatic heterocycles. The number of benzene rings is 1. The molecule has 2 N–H and O–H groups in total. The molecule has 19 heavy (non-hydrogen) atoms. The lowest BCUT2D eigenvalue weighted by molar-refractivity contribution is 0.421. The monoisotopic (exact) mass is 280 g/mol. The van der Waals surface area contributed by atoms with Crippen LogP contribution >= 0.6 is 11.6 Å². The number of pyridine rings is 1. The van der Waals surface area contributed by atoms with Crippen LogP contribution in [0, 0.1) is 5.82 Å². The van der Waals surface area contributed by atoms with Crippen LogP contribution in [-0.4, -0.2) is 11.0 Å². The van der Waals surface area contributed by atoms with E-state index in [-0.39, 0.29) is 16.8 Å². The van der Waals surface area contributed by atoms with Gasteiger partial charge in [-0.25, -0.2) is 9.37 Å². The van der Waals surface area contributed by atoms with Gasteiger partial charge in [-0.1, -0.05) is 23.7 Å². The third kappa shape index (κ3) is 3.43. The van der Waals surface area contributed by atoms with Crippen molar-refractivity contribution >= 4 is 11.6 Å². The maximum Gasteiger partial charge on any atom is 0.222 e. The SMILES string of the molecule is CC(N)Cc1cccnc1Oc1cccc(Cl)c1F. The molecule has 1 aromatic carbocycles. The molecule has 2 aromatic rings. The molecule has 0 aliphatic carbocycles. The molecule has 1 unspecified atom stereocenters. The van der Waals surface area contributed by atoms with Gasteiger partial charge in [-0.05, 0) is 31.5 Å². The molecule has 0 fully saturated rings. The van der Waals surface area contributed by atoms with Crippen LogP contribution in [0.25, 0.3) is 0 Å². The van der Waals surface area contributed by atoms with E-state index in [4.69, 9.17) is 22.1 Å². The van der Waals surface area contributed by atoms with Gasteiger partial charge in [-0.15, -0.1) is 0 Å². The first-order chi connectivity index (χ1) is 9.08. The summed E-state index contributed by atoms with van der Waals surface area (Å²) in [7, 11) is 0. The molecule has 2 rings (SSSR count). The first-order valence-corrected chi connectivity index (χ1v) is 6.27. The first-order valence-electron chi connectivity index (χ1n) is 5.89. The molecule has 5 heteroatoms. The molecule has 1 atom stereocenters. The van der Waals surface area contributed by atoms with Crippen LogP contribution in [0.5, 0.6) is 11.6 Å². The molecular formula is C14H14ClFN2O. The van der Waals surface area contributed by atoms with Crippen molar-refractivity contribution in [3.63, 3.8) is 0 Å². The normalized spacial score (nSPS) is 12.2. The van der Waals surface area contributed by atoms with Crippen LogP contribution in [0.1, 0.15) is 12.5 Å². The van der Waals surface area contributed by atoms with Crippen LogP contribution in [0.4, 0.5) is 4.39 Å². The maximum absolute atomic E-state index is 13.8. The Morgan fingerprint density at radius 1 is 1.37 bits per heavy atom. The predicted octanol–water partition coefficient (Wildman–Crippen LogP) is 3.56. The lowest BCUT2D eigenvalue weighted by atomic mass is 10.1. The minimum atomic E-state index is -0.596. The highest BCUT2D eigenvalue weighted by molar-refractivity contribution is 6.30. The van der Waals surface area contributed by atoms with E-state index in [2.05, 4.69) is 4.98 Å². The summed E-state index contributed by atoms with van der Waals surface area (Å²) in [5, 5.41) is 0.0159. The van der Waals surface area contributed by atoms with Crippen LogP contribution in [0.2, 0.25) is 5.02 Å². The van der Waals surface area contributed by atoms with Gasteiger partial charge >= 0.3 is 0 Å². The number of nitrogens with zero attached hydrogens (tertiary/aromatic N) is 1. The van der Waals surface area contributed by atoms with E-state index in [9.17, 15) is 4.39 Å². The van der Waals surface area contributed by atoms with E-state index in [1.807, 2.05) is 13.0 Å². The summed E-state index contributed by atoms with van der Waals surface area (Å²) in [5.41, 5.74) is 6.59. The largest absolute Gasteiger partial charge is 0.436 e. The highest BCUT2D eigenvalue weighted by Crippen LogP contribution is 2.29. The summed E-state index contributed by atoms with van der Waals surface area (Å²) in [6, 6.07) is 8.20. The van der Waals surface area contributed by atoms with Crippen LogP contribution < -0.4 is 10.5 Å². The second-order valence-electron chi connectivity index (χ2n) is 4.30. The Morgan fingerprint density at radius 3 is 2.89 bits per heavy atom. The maximum atomic E-state index is 13.8. The zero-order valence-electron chi connectivity index (χ0n) is 10.4. The number of halogens is 2. The van der Waals surface area contributed by atoms with Gasteiger partial charge in [0, 0.05) is 17.8 Å². The van der Waals surface area contributed by atoms with E-state index in [1.165, 1.54) is 12.1 Å². The Bertz CT molecular complexity index is 575. The zero-order chi connectivity index (χ0) is 13.8. The summed E-state index contributed by atoms with van der Waals surface area (Å²) >= 11 is 5.71. The van der Waals surface area contributed by atoms with Crippen molar-refractivity contribution < 1.29 is 9.13 Å². The third-order valence-electron chi connectivity index (χ3n) is 2.51. The smallest absolute Gasteiger partial charge is 0.222 e. The van der Waals surface area contributed by atoms with Crippen LogP contribution in [-0.2, 0) is 6.42 Å². The molecular weight excluding hydrogens is 267 g/mol. The molecule has 0 radical (unpaired) electrons. The average molecular weight is 281 g/mol. The fourth-order valence-electron chi connectivity index (χ4n) is 1.69. The minimum Gasteiger partial charge on any atom is -0.436 e. The van der Waals surface area contributed by atoms with Gasteiger partial charge < -0.3 is 10.5 Å². The van der Waals surface area contributed by atoms with Crippen molar-refractivity contribution in [2.75, 3.05) is 0 Å². The van der Waals surface area contributed by atoms with E-state index < -0.39 is 5.82 Å². The van der Waals surface area contributed by atoms with Crippen molar-refractivity contribution in [1.82, 2.24) is 4.98 Å². The molecule has 0 amide bonds. The molecule has 1 heterocycles. The Hall–Kier alpha value is -1.65. The molecule has 1 aromatic heterocycles. The molecule has 0 aliphatic rings. The second-order valence-corrected chi connectivity index (χ2v) is 4.71. The van der Waals surface area contributed by atoms with E-state index in [0.29, 0.717) is 12.3 Å². The van der Waals surface area contributed by atoms with Gasteiger partial charge in [-0.3, -0.25) is 0 Å². The van der Waals surface area contributed by atoms with Gasteiger partial charge in [0.25, 0.3) is 0 Å². The molecule has 0 saturated heterocycles. The fraction of sp³-hybridized carbons (Fsp3) is 0.214. The Kier molecular flexibility index (Phi) is 4.35. The van der Waals surface area contributed by atoms with Crippen molar-refractivity contribution in [2.45, 2.75) is 19.4 Å². The summed E-state index contributed by atoms with van der Waals surface area (Å²) < 4.78 is 19.3. The number of nitrogens with two attached hydrogens (primary N) is 1. The second kappa shape index (κ2) is 5.99. The van der Waals surface area contributed by atoms with E-state index in [0.717, 1.165) is 5.56 Å². The highest BCUT2D eigenvalue weighted by atomic mass is 35.5. The lowest BCUT2D eigenvalue weighted by Crippen LogP contribution is -2.18. The Balaban J connectivity index is 2.30. The zero-order valence-corrected chi connectivity index (χ0v) is 11.2. The van der Waals surface area contributed by atoms with E-state index in [1.54, 1.807) is 18.3 Å². The van der Waals surface area contributed by atoms with Gasteiger partial charge in [0.15, 0.2) is 11.6 Å². The number of rotatable bonds is 4. The van der Waals surface area contributed by atoms with Crippen LogP contribution in [0.15, 0.2) is 36.5 Å². The lowest BCUT2D eigenvalue weighted by Gasteiger charge is -2.12. The van der Waals surface area contributed by atoms with Crippen molar-refractivity contribution in [2.24, 2.45) is 5.73 Å². The highest BCUT2D eigenvalue weighted by Gasteiger charge is 2.12. The molecule has 0 spiro atoms. The summed E-state index contributed by atoms with van der Waals surface area (Å²) in [6.45, 7) is 1.89. The Labute approximate surface area is 116 Å². The minimum absolute atomic E-state index is 0.0159. The van der Waals surface area contributed by atoms with Gasteiger partial charge in [0.1, 0.15) is 0 Å². The number of hydrogen-bond acceptors (Lipinski definition) is 3. The topological polar surface area (TPSA) is 48.1 Å². The number of ether oxygens (including phenoxy) is 1. The molecule has 0 bridgehead atoms. The quantitative estimate of drug-likeness (QED) is 0.931.